The summed E-state index contributed by atoms with van der Waals surface area (Å²) in [6, 6.07) is 10.1. The van der Waals surface area contributed by atoms with Crippen LogP contribution in [-0.2, 0) is 0 Å². The van der Waals surface area contributed by atoms with Gasteiger partial charge in [-0.2, -0.15) is 0 Å². The molecule has 0 heterocycles. The van der Waals surface area contributed by atoms with Gasteiger partial charge in [0.25, 0.3) is 0 Å². The Morgan fingerprint density at radius 1 is 1.28 bits per heavy atom. The van der Waals surface area contributed by atoms with Gasteiger partial charge in [0.05, 0.1) is 6.04 Å². The molecule has 0 saturated heterocycles. The van der Waals surface area contributed by atoms with Gasteiger partial charge in [0.15, 0.2) is 5.96 Å². The first kappa shape index (κ1) is 14.5. The van der Waals surface area contributed by atoms with Crippen LogP contribution >= 0.6 is 0 Å². The molecule has 0 bridgehead atoms. The summed E-state index contributed by atoms with van der Waals surface area (Å²) in [4.78, 5) is 6.68. The predicted molar refractivity (Wildman–Crippen MR) is 78.9 cm³/mol. The molecule has 0 amide bonds. The molecule has 18 heavy (non-hydrogen) atoms. The quantitative estimate of drug-likeness (QED) is 0.619. The Bertz CT molecular complexity index is 371. The zero-order valence-corrected chi connectivity index (χ0v) is 11.7. The maximum absolute atomic E-state index is 5.94. The summed E-state index contributed by atoms with van der Waals surface area (Å²) in [6.45, 7) is 5.22. The van der Waals surface area contributed by atoms with Crippen LogP contribution in [0.3, 0.4) is 0 Å². The average Bonchev–Trinajstić information content (AvgIpc) is 2.28. The zero-order valence-electron chi connectivity index (χ0n) is 11.7. The van der Waals surface area contributed by atoms with E-state index in [-0.39, 0.29) is 6.04 Å². The van der Waals surface area contributed by atoms with Crippen molar-refractivity contribution >= 4 is 11.6 Å². The van der Waals surface area contributed by atoms with E-state index in [1.807, 2.05) is 44.4 Å². The number of guanidine groups is 1. The van der Waals surface area contributed by atoms with Gasteiger partial charge in [-0.25, -0.2) is 4.99 Å². The number of para-hydroxylation sites is 1. The van der Waals surface area contributed by atoms with E-state index in [9.17, 15) is 0 Å². The fraction of sp³-hybridized carbons (Fsp3) is 0.500. The normalized spacial score (nSPS) is 14.0. The molecule has 1 aromatic rings. The second kappa shape index (κ2) is 7.01. The SMILES string of the molecule is CC(C)C(CN(C)C)N=C(N)Nc1ccccc1. The number of nitrogens with one attached hydrogen (secondary N) is 1. The Balaban J connectivity index is 2.67. The van der Waals surface area contributed by atoms with Gasteiger partial charge in [-0.3, -0.25) is 0 Å². The van der Waals surface area contributed by atoms with Crippen molar-refractivity contribution in [2.24, 2.45) is 16.6 Å². The molecule has 3 N–H and O–H groups in total. The highest BCUT2D eigenvalue weighted by atomic mass is 15.1. The van der Waals surface area contributed by atoms with E-state index < -0.39 is 0 Å². The third-order valence-corrected chi connectivity index (χ3v) is 2.67. The molecule has 100 valence electrons. The maximum atomic E-state index is 5.94. The number of hydrogen-bond donors (Lipinski definition) is 2. The Hall–Kier alpha value is -1.55. The van der Waals surface area contributed by atoms with E-state index in [0.29, 0.717) is 11.9 Å². The Labute approximate surface area is 110 Å². The highest BCUT2D eigenvalue weighted by Crippen LogP contribution is 2.09. The summed E-state index contributed by atoms with van der Waals surface area (Å²) >= 11 is 0. The van der Waals surface area contributed by atoms with Gasteiger partial charge < -0.3 is 16.0 Å². The topological polar surface area (TPSA) is 53.6 Å². The first-order valence-corrected chi connectivity index (χ1v) is 6.29. The van der Waals surface area contributed by atoms with E-state index in [1.54, 1.807) is 0 Å². The molecule has 0 aromatic heterocycles. The number of rotatable bonds is 5. The highest BCUT2D eigenvalue weighted by molar-refractivity contribution is 5.92. The van der Waals surface area contributed by atoms with Crippen LogP contribution < -0.4 is 11.1 Å². The fourth-order valence-corrected chi connectivity index (χ4v) is 1.66. The molecule has 4 nitrogen and oxygen atoms in total. The second-order valence-corrected chi connectivity index (χ2v) is 5.08. The third-order valence-electron chi connectivity index (χ3n) is 2.67. The Kier molecular flexibility index (Phi) is 5.65. The number of aliphatic imine (C=N–C) groups is 1. The number of nitrogens with two attached hydrogens (primary N) is 1. The molecular weight excluding hydrogens is 224 g/mol. The monoisotopic (exact) mass is 248 g/mol. The van der Waals surface area contributed by atoms with Gasteiger partial charge in [0, 0.05) is 12.2 Å². The van der Waals surface area contributed by atoms with Crippen molar-refractivity contribution in [1.82, 2.24) is 4.90 Å². The van der Waals surface area contributed by atoms with Crippen molar-refractivity contribution in [2.75, 3.05) is 26.0 Å². The van der Waals surface area contributed by atoms with Gasteiger partial charge in [-0.15, -0.1) is 0 Å². The molecule has 4 heteroatoms. The highest BCUT2D eigenvalue weighted by Gasteiger charge is 2.13. The zero-order chi connectivity index (χ0) is 13.5. The molecule has 0 spiro atoms. The molecular formula is C14H24N4. The molecule has 0 aliphatic carbocycles. The lowest BCUT2D eigenvalue weighted by atomic mass is 10.1. The first-order valence-electron chi connectivity index (χ1n) is 6.29. The van der Waals surface area contributed by atoms with Crippen LogP contribution in [0.5, 0.6) is 0 Å². The van der Waals surface area contributed by atoms with Crippen molar-refractivity contribution in [2.45, 2.75) is 19.9 Å². The van der Waals surface area contributed by atoms with Crippen molar-refractivity contribution in [3.8, 4) is 0 Å². The van der Waals surface area contributed by atoms with Gasteiger partial charge in [-0.1, -0.05) is 32.0 Å². The molecule has 1 aromatic carbocycles. The van der Waals surface area contributed by atoms with Crippen molar-refractivity contribution in [3.63, 3.8) is 0 Å². The third kappa shape index (κ3) is 5.19. The smallest absolute Gasteiger partial charge is 0.193 e. The molecule has 0 aliphatic rings. The van der Waals surface area contributed by atoms with E-state index >= 15 is 0 Å². The molecule has 1 unspecified atom stereocenters. The van der Waals surface area contributed by atoms with Crippen LogP contribution in [0.15, 0.2) is 35.3 Å². The minimum atomic E-state index is 0.205. The van der Waals surface area contributed by atoms with Crippen LogP contribution in [0.25, 0.3) is 0 Å². The van der Waals surface area contributed by atoms with E-state index in [0.717, 1.165) is 12.2 Å². The number of hydrogen-bond acceptors (Lipinski definition) is 2. The van der Waals surface area contributed by atoms with Gasteiger partial charge in [0.2, 0.25) is 0 Å². The Morgan fingerprint density at radius 3 is 2.39 bits per heavy atom. The average molecular weight is 248 g/mol. The van der Waals surface area contributed by atoms with Crippen molar-refractivity contribution in [3.05, 3.63) is 30.3 Å². The molecule has 1 atom stereocenters. The number of anilines is 1. The van der Waals surface area contributed by atoms with Crippen LogP contribution in [0, 0.1) is 5.92 Å². The summed E-state index contributed by atoms with van der Waals surface area (Å²) in [5.74, 6) is 0.935. The lowest BCUT2D eigenvalue weighted by molar-refractivity contribution is 0.332. The molecule has 0 aliphatic heterocycles. The molecule has 0 fully saturated rings. The summed E-state index contributed by atoms with van der Waals surface area (Å²) in [5.41, 5.74) is 6.90. The van der Waals surface area contributed by atoms with Crippen LogP contribution in [-0.4, -0.2) is 37.5 Å². The van der Waals surface area contributed by atoms with E-state index in [4.69, 9.17) is 5.73 Å². The summed E-state index contributed by atoms with van der Waals surface area (Å²) in [6.07, 6.45) is 0. The first-order chi connectivity index (χ1) is 8.49. The largest absolute Gasteiger partial charge is 0.370 e. The minimum Gasteiger partial charge on any atom is -0.370 e. The fourth-order valence-electron chi connectivity index (χ4n) is 1.66. The molecule has 0 saturated carbocycles. The summed E-state index contributed by atoms with van der Waals surface area (Å²) < 4.78 is 0. The maximum Gasteiger partial charge on any atom is 0.193 e. The van der Waals surface area contributed by atoms with Crippen LogP contribution in [0.2, 0.25) is 0 Å². The summed E-state index contributed by atoms with van der Waals surface area (Å²) in [5, 5.41) is 3.11. The van der Waals surface area contributed by atoms with Gasteiger partial charge in [-0.05, 0) is 32.1 Å². The van der Waals surface area contributed by atoms with Gasteiger partial charge in [0.1, 0.15) is 0 Å². The molecule has 0 radical (unpaired) electrons. The van der Waals surface area contributed by atoms with Crippen LogP contribution in [0.1, 0.15) is 13.8 Å². The summed E-state index contributed by atoms with van der Waals surface area (Å²) in [7, 11) is 4.09. The van der Waals surface area contributed by atoms with Gasteiger partial charge >= 0.3 is 0 Å². The lowest BCUT2D eigenvalue weighted by Gasteiger charge is -2.21. The Morgan fingerprint density at radius 2 is 1.89 bits per heavy atom. The van der Waals surface area contributed by atoms with E-state index in [1.165, 1.54) is 0 Å². The lowest BCUT2D eigenvalue weighted by Crippen LogP contribution is -2.33. The number of likely N-dealkylation sites (N-methyl/N-ethyl adjacent to an activating group) is 1. The van der Waals surface area contributed by atoms with E-state index in [2.05, 4.69) is 29.1 Å². The minimum absolute atomic E-state index is 0.205. The number of nitrogens with zero attached hydrogens (tertiary/aromatic N) is 2. The second-order valence-electron chi connectivity index (χ2n) is 5.08. The van der Waals surface area contributed by atoms with Crippen molar-refractivity contribution < 1.29 is 0 Å². The van der Waals surface area contributed by atoms with Crippen molar-refractivity contribution in [1.29, 1.82) is 0 Å². The van der Waals surface area contributed by atoms with Crippen LogP contribution in [0.4, 0.5) is 5.69 Å². The molecule has 1 rings (SSSR count). The predicted octanol–water partition coefficient (Wildman–Crippen LogP) is 2.00. The number of benzene rings is 1. The standard InChI is InChI=1S/C14H24N4/c1-11(2)13(10-18(3)4)17-14(15)16-12-8-6-5-7-9-12/h5-9,11,13H,10H2,1-4H3,(H3,15,16,17).